The molecule has 0 saturated carbocycles. The van der Waals surface area contributed by atoms with Crippen LogP contribution in [-0.4, -0.2) is 11.2 Å². The highest BCUT2D eigenvalue weighted by atomic mass is 35.5. The average molecular weight is 279 g/mol. The lowest BCUT2D eigenvalue weighted by molar-refractivity contribution is 0.296. The molecule has 0 aliphatic carbocycles. The van der Waals surface area contributed by atoms with Gasteiger partial charge in [-0.2, -0.15) is 0 Å². The van der Waals surface area contributed by atoms with Gasteiger partial charge < -0.3 is 15.0 Å². The Morgan fingerprint density at radius 2 is 2.11 bits per heavy atom. The van der Waals surface area contributed by atoms with E-state index in [-0.39, 0.29) is 5.56 Å². The maximum absolute atomic E-state index is 11.5. The first-order valence-electron chi connectivity index (χ1n) is 5.91. The molecule has 5 heteroatoms. The summed E-state index contributed by atoms with van der Waals surface area (Å²) in [5.41, 5.74) is 7.06. The van der Waals surface area contributed by atoms with Crippen molar-refractivity contribution in [3.05, 3.63) is 57.5 Å². The molecule has 100 valence electrons. The molecule has 2 aromatic rings. The standard InChI is InChI=1S/C14H15ClN2O2/c1-10-8-12(3-4-13(10)15)19-7-6-17-9-11(16)2-5-14(17)18/h2-5,8-9H,6-7,16H2,1H3. The Morgan fingerprint density at radius 1 is 1.32 bits per heavy atom. The van der Waals surface area contributed by atoms with E-state index in [0.29, 0.717) is 23.9 Å². The van der Waals surface area contributed by atoms with E-state index in [0.717, 1.165) is 11.3 Å². The van der Waals surface area contributed by atoms with E-state index in [1.807, 2.05) is 13.0 Å². The van der Waals surface area contributed by atoms with Gasteiger partial charge in [-0.1, -0.05) is 11.6 Å². The molecule has 0 amide bonds. The average Bonchev–Trinajstić information content (AvgIpc) is 2.38. The zero-order chi connectivity index (χ0) is 13.8. The smallest absolute Gasteiger partial charge is 0.250 e. The topological polar surface area (TPSA) is 57.2 Å². The van der Waals surface area contributed by atoms with Gasteiger partial charge in [0.05, 0.1) is 6.54 Å². The zero-order valence-corrected chi connectivity index (χ0v) is 11.4. The van der Waals surface area contributed by atoms with Crippen LogP contribution in [0, 0.1) is 6.92 Å². The van der Waals surface area contributed by atoms with Crippen LogP contribution in [0.4, 0.5) is 5.69 Å². The lowest BCUT2D eigenvalue weighted by atomic mass is 10.2. The lowest BCUT2D eigenvalue weighted by Crippen LogP contribution is -2.22. The Labute approximate surface area is 116 Å². The molecule has 0 fully saturated rings. The Kier molecular flexibility index (Phi) is 4.12. The van der Waals surface area contributed by atoms with E-state index in [2.05, 4.69) is 0 Å². The summed E-state index contributed by atoms with van der Waals surface area (Å²) in [6.07, 6.45) is 1.61. The number of rotatable bonds is 4. The minimum absolute atomic E-state index is 0.0925. The van der Waals surface area contributed by atoms with Crippen molar-refractivity contribution in [2.75, 3.05) is 12.3 Å². The predicted octanol–water partition coefficient (Wildman–Crippen LogP) is 2.47. The van der Waals surface area contributed by atoms with Crippen molar-refractivity contribution in [3.63, 3.8) is 0 Å². The molecule has 0 aliphatic rings. The maximum Gasteiger partial charge on any atom is 0.250 e. The number of benzene rings is 1. The van der Waals surface area contributed by atoms with Gasteiger partial charge in [0, 0.05) is 23.0 Å². The second kappa shape index (κ2) is 5.80. The van der Waals surface area contributed by atoms with Crippen LogP contribution in [0.15, 0.2) is 41.3 Å². The minimum Gasteiger partial charge on any atom is -0.492 e. The fourth-order valence-electron chi connectivity index (χ4n) is 1.69. The second-order valence-electron chi connectivity index (χ2n) is 4.25. The molecule has 2 N–H and O–H groups in total. The third-order valence-corrected chi connectivity index (χ3v) is 3.16. The molecule has 1 aromatic carbocycles. The number of pyridine rings is 1. The molecular formula is C14H15ClN2O2. The van der Waals surface area contributed by atoms with Gasteiger partial charge in [-0.15, -0.1) is 0 Å². The minimum atomic E-state index is -0.0925. The summed E-state index contributed by atoms with van der Waals surface area (Å²) in [6.45, 7) is 2.76. The first kappa shape index (κ1) is 13.5. The summed E-state index contributed by atoms with van der Waals surface area (Å²) in [5.74, 6) is 0.735. The Hall–Kier alpha value is -1.94. The van der Waals surface area contributed by atoms with Crippen LogP contribution in [0.1, 0.15) is 5.56 Å². The zero-order valence-electron chi connectivity index (χ0n) is 10.6. The van der Waals surface area contributed by atoms with Gasteiger partial charge in [-0.25, -0.2) is 0 Å². The number of ether oxygens (including phenoxy) is 1. The molecule has 2 rings (SSSR count). The molecule has 0 atom stereocenters. The second-order valence-corrected chi connectivity index (χ2v) is 4.66. The Bertz CT molecular complexity index is 638. The van der Waals surface area contributed by atoms with Crippen molar-refractivity contribution >= 4 is 17.3 Å². The van der Waals surface area contributed by atoms with Crippen molar-refractivity contribution in [3.8, 4) is 5.75 Å². The quantitative estimate of drug-likeness (QED) is 0.935. The first-order valence-corrected chi connectivity index (χ1v) is 6.29. The summed E-state index contributed by atoms with van der Waals surface area (Å²) < 4.78 is 7.11. The summed E-state index contributed by atoms with van der Waals surface area (Å²) in [4.78, 5) is 11.5. The largest absolute Gasteiger partial charge is 0.492 e. The van der Waals surface area contributed by atoms with Crippen molar-refractivity contribution in [1.29, 1.82) is 0 Å². The van der Waals surface area contributed by atoms with Crippen molar-refractivity contribution in [1.82, 2.24) is 4.57 Å². The highest BCUT2D eigenvalue weighted by molar-refractivity contribution is 6.31. The molecule has 0 spiro atoms. The maximum atomic E-state index is 11.5. The number of aromatic nitrogens is 1. The summed E-state index contributed by atoms with van der Waals surface area (Å²) in [7, 11) is 0. The molecule has 0 bridgehead atoms. The molecule has 0 saturated heterocycles. The summed E-state index contributed by atoms with van der Waals surface area (Å²) in [5, 5.41) is 0.708. The van der Waals surface area contributed by atoms with Crippen LogP contribution >= 0.6 is 11.6 Å². The fourth-order valence-corrected chi connectivity index (χ4v) is 1.81. The van der Waals surface area contributed by atoms with Crippen LogP contribution in [0.25, 0.3) is 0 Å². The highest BCUT2D eigenvalue weighted by Gasteiger charge is 2.00. The number of nitrogens with two attached hydrogens (primary N) is 1. The fraction of sp³-hybridized carbons (Fsp3) is 0.214. The van der Waals surface area contributed by atoms with Gasteiger partial charge in [0.15, 0.2) is 0 Å². The van der Waals surface area contributed by atoms with Crippen LogP contribution in [0.3, 0.4) is 0 Å². The number of nitrogen functional groups attached to an aromatic ring is 1. The molecule has 4 nitrogen and oxygen atoms in total. The predicted molar refractivity (Wildman–Crippen MR) is 76.8 cm³/mol. The molecule has 0 unspecified atom stereocenters. The van der Waals surface area contributed by atoms with Gasteiger partial charge in [-0.3, -0.25) is 4.79 Å². The van der Waals surface area contributed by atoms with Crippen molar-refractivity contribution in [2.45, 2.75) is 13.5 Å². The molecule has 1 aromatic heterocycles. The normalized spacial score (nSPS) is 10.4. The monoisotopic (exact) mass is 278 g/mol. The summed E-state index contributed by atoms with van der Waals surface area (Å²) in [6, 6.07) is 8.49. The van der Waals surface area contributed by atoms with Crippen molar-refractivity contribution in [2.24, 2.45) is 0 Å². The third kappa shape index (κ3) is 3.51. The van der Waals surface area contributed by atoms with Gasteiger partial charge >= 0.3 is 0 Å². The van der Waals surface area contributed by atoms with Crippen LogP contribution in [-0.2, 0) is 6.54 Å². The highest BCUT2D eigenvalue weighted by Crippen LogP contribution is 2.20. The number of halogens is 1. The number of hydrogen-bond acceptors (Lipinski definition) is 3. The van der Waals surface area contributed by atoms with Gasteiger partial charge in [0.1, 0.15) is 12.4 Å². The van der Waals surface area contributed by atoms with Crippen LogP contribution in [0.2, 0.25) is 5.02 Å². The number of nitrogens with zero attached hydrogens (tertiary/aromatic N) is 1. The molecule has 19 heavy (non-hydrogen) atoms. The van der Waals surface area contributed by atoms with Gasteiger partial charge in [0.25, 0.3) is 5.56 Å². The number of hydrogen-bond donors (Lipinski definition) is 1. The molecular weight excluding hydrogens is 264 g/mol. The molecule has 0 aliphatic heterocycles. The van der Waals surface area contributed by atoms with Gasteiger partial charge in [-0.05, 0) is 36.8 Å². The number of aryl methyl sites for hydroxylation is 1. The van der Waals surface area contributed by atoms with Crippen LogP contribution in [0.5, 0.6) is 5.75 Å². The van der Waals surface area contributed by atoms with E-state index in [9.17, 15) is 4.79 Å². The van der Waals surface area contributed by atoms with E-state index >= 15 is 0 Å². The van der Waals surface area contributed by atoms with Crippen molar-refractivity contribution < 1.29 is 4.74 Å². The molecule has 0 radical (unpaired) electrons. The summed E-state index contributed by atoms with van der Waals surface area (Å²) >= 11 is 5.93. The Balaban J connectivity index is 1.98. The van der Waals surface area contributed by atoms with E-state index < -0.39 is 0 Å². The van der Waals surface area contributed by atoms with E-state index in [1.54, 1.807) is 24.4 Å². The van der Waals surface area contributed by atoms with E-state index in [4.69, 9.17) is 22.1 Å². The first-order chi connectivity index (χ1) is 9.06. The number of anilines is 1. The Morgan fingerprint density at radius 3 is 2.84 bits per heavy atom. The molecule has 1 heterocycles. The van der Waals surface area contributed by atoms with E-state index in [1.165, 1.54) is 10.6 Å². The van der Waals surface area contributed by atoms with Gasteiger partial charge in [0.2, 0.25) is 0 Å². The van der Waals surface area contributed by atoms with Crippen LogP contribution < -0.4 is 16.0 Å². The third-order valence-electron chi connectivity index (χ3n) is 2.74. The SMILES string of the molecule is Cc1cc(OCCn2cc(N)ccc2=O)ccc1Cl. The lowest BCUT2D eigenvalue weighted by Gasteiger charge is -2.09.